The SMILES string of the molecule is C[C@@H](O)CN(C)S(=O)(=O)c1ccc(F)cc1C#N. The van der Waals surface area contributed by atoms with Crippen molar-refractivity contribution in [2.24, 2.45) is 0 Å². The summed E-state index contributed by atoms with van der Waals surface area (Å²) in [5.41, 5.74) is -0.257. The number of sulfonamides is 1. The van der Waals surface area contributed by atoms with E-state index in [1.165, 1.54) is 14.0 Å². The summed E-state index contributed by atoms with van der Waals surface area (Å²) in [5.74, 6) is -0.677. The van der Waals surface area contributed by atoms with Crippen LogP contribution in [0.2, 0.25) is 0 Å². The van der Waals surface area contributed by atoms with E-state index >= 15 is 0 Å². The van der Waals surface area contributed by atoms with E-state index in [1.54, 1.807) is 6.07 Å². The number of rotatable bonds is 4. The third-order valence-corrected chi connectivity index (χ3v) is 4.15. The van der Waals surface area contributed by atoms with Gasteiger partial charge in [0.25, 0.3) is 0 Å². The minimum atomic E-state index is -3.91. The molecule has 0 amide bonds. The maximum atomic E-state index is 12.9. The predicted molar refractivity (Wildman–Crippen MR) is 62.6 cm³/mol. The highest BCUT2D eigenvalue weighted by Gasteiger charge is 2.25. The zero-order valence-corrected chi connectivity index (χ0v) is 10.8. The second-order valence-electron chi connectivity index (χ2n) is 3.89. The first-order chi connectivity index (χ1) is 8.28. The molecular formula is C11H13FN2O3S. The molecule has 0 fully saturated rings. The Morgan fingerprint density at radius 1 is 1.56 bits per heavy atom. The minimum absolute atomic E-state index is 0.107. The summed E-state index contributed by atoms with van der Waals surface area (Å²) in [6, 6.07) is 4.53. The number of aliphatic hydroxyl groups is 1. The highest BCUT2D eigenvalue weighted by Crippen LogP contribution is 2.20. The van der Waals surface area contributed by atoms with Crippen molar-refractivity contribution in [1.82, 2.24) is 4.31 Å². The van der Waals surface area contributed by atoms with Crippen molar-refractivity contribution in [2.75, 3.05) is 13.6 Å². The van der Waals surface area contributed by atoms with Crippen LogP contribution in [-0.4, -0.2) is 37.5 Å². The molecule has 18 heavy (non-hydrogen) atoms. The van der Waals surface area contributed by atoms with Crippen molar-refractivity contribution in [3.63, 3.8) is 0 Å². The van der Waals surface area contributed by atoms with Crippen LogP contribution in [-0.2, 0) is 10.0 Å². The summed E-state index contributed by atoms with van der Waals surface area (Å²) in [6.45, 7) is 1.34. The van der Waals surface area contributed by atoms with Crippen LogP contribution in [0.15, 0.2) is 23.1 Å². The second kappa shape index (κ2) is 5.44. The number of hydrogen-bond donors (Lipinski definition) is 1. The molecule has 0 unspecified atom stereocenters. The smallest absolute Gasteiger partial charge is 0.244 e. The van der Waals surface area contributed by atoms with Gasteiger partial charge in [0.2, 0.25) is 10.0 Å². The average Bonchev–Trinajstić information content (AvgIpc) is 2.27. The van der Waals surface area contributed by atoms with Crippen LogP contribution >= 0.6 is 0 Å². The molecule has 0 aliphatic carbocycles. The molecule has 1 atom stereocenters. The Labute approximate surface area is 105 Å². The Kier molecular flexibility index (Phi) is 4.40. The van der Waals surface area contributed by atoms with Gasteiger partial charge < -0.3 is 5.11 Å². The second-order valence-corrected chi connectivity index (χ2v) is 5.90. The fourth-order valence-corrected chi connectivity index (χ4v) is 2.82. The Morgan fingerprint density at radius 3 is 2.67 bits per heavy atom. The first-order valence-electron chi connectivity index (χ1n) is 5.13. The van der Waals surface area contributed by atoms with E-state index in [-0.39, 0.29) is 17.0 Å². The molecule has 5 nitrogen and oxygen atoms in total. The molecule has 0 aliphatic heterocycles. The van der Waals surface area contributed by atoms with E-state index in [0.29, 0.717) is 0 Å². The Balaban J connectivity index is 3.25. The first kappa shape index (κ1) is 14.6. The Bertz CT molecular complexity index is 578. The lowest BCUT2D eigenvalue weighted by Gasteiger charge is -2.19. The fourth-order valence-electron chi connectivity index (χ4n) is 1.45. The van der Waals surface area contributed by atoms with E-state index in [9.17, 15) is 17.9 Å². The van der Waals surface area contributed by atoms with Gasteiger partial charge >= 0.3 is 0 Å². The maximum Gasteiger partial charge on any atom is 0.244 e. The van der Waals surface area contributed by atoms with Gasteiger partial charge in [0.05, 0.1) is 11.7 Å². The van der Waals surface area contributed by atoms with Crippen molar-refractivity contribution >= 4 is 10.0 Å². The quantitative estimate of drug-likeness (QED) is 0.874. The number of nitriles is 1. The molecule has 98 valence electrons. The molecule has 1 rings (SSSR count). The molecule has 0 aromatic heterocycles. The van der Waals surface area contributed by atoms with Gasteiger partial charge in [0, 0.05) is 13.6 Å². The number of halogens is 1. The van der Waals surface area contributed by atoms with E-state index in [1.807, 2.05) is 0 Å². The molecule has 0 heterocycles. The molecule has 0 saturated carbocycles. The summed E-state index contributed by atoms with van der Waals surface area (Å²) in [6.07, 6.45) is -0.837. The molecule has 0 bridgehead atoms. The van der Waals surface area contributed by atoms with Gasteiger partial charge in [-0.25, -0.2) is 12.8 Å². The summed E-state index contributed by atoms with van der Waals surface area (Å²) in [5, 5.41) is 18.0. The summed E-state index contributed by atoms with van der Waals surface area (Å²) < 4.78 is 38.1. The lowest BCUT2D eigenvalue weighted by atomic mass is 10.2. The number of aliphatic hydroxyl groups excluding tert-OH is 1. The third-order valence-electron chi connectivity index (χ3n) is 2.27. The average molecular weight is 272 g/mol. The van der Waals surface area contributed by atoms with Gasteiger partial charge in [-0.15, -0.1) is 0 Å². The third kappa shape index (κ3) is 3.04. The zero-order chi connectivity index (χ0) is 13.9. The molecular weight excluding hydrogens is 259 g/mol. The minimum Gasteiger partial charge on any atom is -0.392 e. The topological polar surface area (TPSA) is 81.4 Å². The summed E-state index contributed by atoms with van der Waals surface area (Å²) in [4.78, 5) is -0.269. The molecule has 1 N–H and O–H groups in total. The largest absolute Gasteiger partial charge is 0.392 e. The number of likely N-dealkylation sites (N-methyl/N-ethyl adjacent to an activating group) is 1. The van der Waals surface area contributed by atoms with E-state index in [0.717, 1.165) is 22.5 Å². The van der Waals surface area contributed by atoms with Crippen LogP contribution in [0, 0.1) is 17.1 Å². The number of nitrogens with zero attached hydrogens (tertiary/aromatic N) is 2. The normalized spacial score (nSPS) is 13.3. The molecule has 0 spiro atoms. The molecule has 0 aliphatic rings. The van der Waals surface area contributed by atoms with Gasteiger partial charge in [-0.3, -0.25) is 0 Å². The lowest BCUT2D eigenvalue weighted by Crippen LogP contribution is -2.33. The number of hydrogen-bond acceptors (Lipinski definition) is 4. The fraction of sp³-hybridized carbons (Fsp3) is 0.364. The van der Waals surface area contributed by atoms with Crippen molar-refractivity contribution in [3.05, 3.63) is 29.6 Å². The van der Waals surface area contributed by atoms with Crippen molar-refractivity contribution in [2.45, 2.75) is 17.9 Å². The monoisotopic (exact) mass is 272 g/mol. The van der Waals surface area contributed by atoms with Crippen LogP contribution < -0.4 is 0 Å². The Morgan fingerprint density at radius 2 is 2.17 bits per heavy atom. The summed E-state index contributed by atoms with van der Waals surface area (Å²) in [7, 11) is -2.63. The molecule has 0 saturated heterocycles. The van der Waals surface area contributed by atoms with Gasteiger partial charge in [0.1, 0.15) is 16.8 Å². The van der Waals surface area contributed by atoms with Gasteiger partial charge in [0.15, 0.2) is 0 Å². The lowest BCUT2D eigenvalue weighted by molar-refractivity contribution is 0.171. The van der Waals surface area contributed by atoms with E-state index in [2.05, 4.69) is 0 Å². The van der Waals surface area contributed by atoms with Crippen LogP contribution in [0.4, 0.5) is 4.39 Å². The van der Waals surface area contributed by atoms with Crippen molar-refractivity contribution < 1.29 is 17.9 Å². The maximum absolute atomic E-state index is 12.9. The van der Waals surface area contributed by atoms with Crippen LogP contribution in [0.3, 0.4) is 0 Å². The highest BCUT2D eigenvalue weighted by molar-refractivity contribution is 7.89. The standard InChI is InChI=1S/C11H13FN2O3S/c1-8(15)7-14(2)18(16,17)11-4-3-10(12)5-9(11)6-13/h3-5,8,15H,7H2,1-2H3/t8-/m1/s1. The predicted octanol–water partition coefficient (Wildman–Crippen LogP) is 0.699. The van der Waals surface area contributed by atoms with Crippen LogP contribution in [0.5, 0.6) is 0 Å². The van der Waals surface area contributed by atoms with Crippen LogP contribution in [0.25, 0.3) is 0 Å². The molecule has 7 heteroatoms. The number of benzene rings is 1. The van der Waals surface area contributed by atoms with Gasteiger partial charge in [-0.2, -0.15) is 9.57 Å². The van der Waals surface area contributed by atoms with Gasteiger partial charge in [-0.1, -0.05) is 0 Å². The van der Waals surface area contributed by atoms with Crippen molar-refractivity contribution in [3.8, 4) is 6.07 Å². The molecule has 1 aromatic rings. The van der Waals surface area contributed by atoms with E-state index in [4.69, 9.17) is 5.26 Å². The Hall–Kier alpha value is -1.49. The molecule has 1 aromatic carbocycles. The van der Waals surface area contributed by atoms with Crippen molar-refractivity contribution in [1.29, 1.82) is 5.26 Å². The van der Waals surface area contributed by atoms with E-state index < -0.39 is 21.9 Å². The molecule has 0 radical (unpaired) electrons. The zero-order valence-electron chi connectivity index (χ0n) is 9.96. The van der Waals surface area contributed by atoms with Gasteiger partial charge in [-0.05, 0) is 25.1 Å². The first-order valence-corrected chi connectivity index (χ1v) is 6.57. The summed E-state index contributed by atoms with van der Waals surface area (Å²) >= 11 is 0. The van der Waals surface area contributed by atoms with Crippen LogP contribution in [0.1, 0.15) is 12.5 Å². The highest BCUT2D eigenvalue weighted by atomic mass is 32.2.